The molecule has 0 spiro atoms. The Kier molecular flexibility index (Phi) is 5.54. The Morgan fingerprint density at radius 2 is 1.82 bits per heavy atom. The molecule has 0 unspecified atom stereocenters. The Morgan fingerprint density at radius 3 is 2.56 bits per heavy atom. The first-order chi connectivity index (χ1) is 16.4. The number of nitrogens with one attached hydrogen (secondary N) is 1. The van der Waals surface area contributed by atoms with E-state index in [-0.39, 0.29) is 18.4 Å². The molecule has 0 fully saturated rings. The number of aromatic nitrogens is 1. The molecule has 4 aromatic rings. The molecule has 7 heteroatoms. The van der Waals surface area contributed by atoms with Crippen LogP contribution < -0.4 is 10.1 Å². The van der Waals surface area contributed by atoms with E-state index in [2.05, 4.69) is 5.32 Å². The Hall–Kier alpha value is -3.77. The van der Waals surface area contributed by atoms with Gasteiger partial charge in [-0.25, -0.2) is 0 Å². The van der Waals surface area contributed by atoms with Crippen molar-refractivity contribution in [3.05, 3.63) is 94.1 Å². The van der Waals surface area contributed by atoms with E-state index in [1.165, 1.54) is 0 Å². The van der Waals surface area contributed by atoms with Gasteiger partial charge in [0.2, 0.25) is 5.91 Å². The summed E-state index contributed by atoms with van der Waals surface area (Å²) < 4.78 is 7.24. The van der Waals surface area contributed by atoms with Crippen molar-refractivity contribution >= 4 is 40.0 Å². The molecule has 2 heterocycles. The van der Waals surface area contributed by atoms with Crippen LogP contribution in [0.4, 0.5) is 5.69 Å². The average Bonchev–Trinajstić information content (AvgIpc) is 3.29. The number of hydrogen-bond acceptors (Lipinski definition) is 3. The molecule has 1 atom stereocenters. The predicted octanol–water partition coefficient (Wildman–Crippen LogP) is 5.33. The summed E-state index contributed by atoms with van der Waals surface area (Å²) in [7, 11) is 3.51. The summed E-state index contributed by atoms with van der Waals surface area (Å²) in [5, 5.41) is 4.45. The quantitative estimate of drug-likeness (QED) is 0.426. The largest absolute Gasteiger partial charge is 0.497 e. The number of anilines is 1. The fourth-order valence-electron chi connectivity index (χ4n) is 4.74. The molecule has 3 aromatic carbocycles. The summed E-state index contributed by atoms with van der Waals surface area (Å²) in [6.45, 7) is 1.81. The topological polar surface area (TPSA) is 63.6 Å². The van der Waals surface area contributed by atoms with Crippen molar-refractivity contribution in [1.29, 1.82) is 0 Å². The lowest BCUT2D eigenvalue weighted by Crippen LogP contribution is -2.37. The van der Waals surface area contributed by atoms with Crippen LogP contribution in [0.5, 0.6) is 5.75 Å². The summed E-state index contributed by atoms with van der Waals surface area (Å²) in [4.78, 5) is 28.4. The molecule has 0 saturated carbocycles. The lowest BCUT2D eigenvalue weighted by molar-refractivity contribution is -0.117. The highest BCUT2D eigenvalue weighted by Crippen LogP contribution is 2.44. The molecule has 6 nitrogen and oxygen atoms in total. The Morgan fingerprint density at radius 1 is 1.09 bits per heavy atom. The number of methoxy groups -OCH3 is 1. The van der Waals surface area contributed by atoms with Gasteiger partial charge >= 0.3 is 0 Å². The first-order valence-corrected chi connectivity index (χ1v) is 11.3. The van der Waals surface area contributed by atoms with Gasteiger partial charge in [0.1, 0.15) is 18.0 Å². The van der Waals surface area contributed by atoms with Crippen molar-refractivity contribution in [2.24, 2.45) is 7.05 Å². The zero-order valence-corrected chi connectivity index (χ0v) is 19.9. The SMILES string of the molecule is COc1ccc([C@H]2c3c(n(C)c4ccccc34)C(=O)N2CC(=O)Nc2cc(Cl)ccc2C)cc1. The molecule has 1 N–H and O–H groups in total. The zero-order chi connectivity index (χ0) is 24.0. The molecule has 1 aliphatic heterocycles. The molecule has 34 heavy (non-hydrogen) atoms. The lowest BCUT2D eigenvalue weighted by atomic mass is 9.98. The molecule has 1 aliphatic rings. The highest BCUT2D eigenvalue weighted by molar-refractivity contribution is 6.31. The minimum Gasteiger partial charge on any atom is -0.497 e. The third-order valence-corrected chi connectivity index (χ3v) is 6.65. The third-order valence-electron chi connectivity index (χ3n) is 6.41. The van der Waals surface area contributed by atoms with E-state index in [0.29, 0.717) is 16.4 Å². The summed E-state index contributed by atoms with van der Waals surface area (Å²) in [5.74, 6) is 0.272. The first-order valence-electron chi connectivity index (χ1n) is 11.0. The van der Waals surface area contributed by atoms with Crippen LogP contribution in [0.2, 0.25) is 5.02 Å². The molecule has 1 aromatic heterocycles. The van der Waals surface area contributed by atoms with Crippen LogP contribution in [0.3, 0.4) is 0 Å². The third kappa shape index (κ3) is 3.60. The second kappa shape index (κ2) is 8.54. The number of benzene rings is 3. The van der Waals surface area contributed by atoms with Crippen LogP contribution >= 0.6 is 11.6 Å². The second-order valence-electron chi connectivity index (χ2n) is 8.45. The van der Waals surface area contributed by atoms with Crippen LogP contribution in [0, 0.1) is 6.92 Å². The van der Waals surface area contributed by atoms with Crippen molar-refractivity contribution in [2.45, 2.75) is 13.0 Å². The fraction of sp³-hybridized carbons (Fsp3) is 0.185. The lowest BCUT2D eigenvalue weighted by Gasteiger charge is -2.26. The van der Waals surface area contributed by atoms with Crippen molar-refractivity contribution in [1.82, 2.24) is 9.47 Å². The Balaban J connectivity index is 1.56. The normalized spacial score (nSPS) is 15.0. The van der Waals surface area contributed by atoms with Gasteiger partial charge in [0.15, 0.2) is 0 Å². The van der Waals surface area contributed by atoms with Gasteiger partial charge in [-0.1, -0.05) is 48.0 Å². The predicted molar refractivity (Wildman–Crippen MR) is 134 cm³/mol. The number of ether oxygens (including phenoxy) is 1. The van der Waals surface area contributed by atoms with Gasteiger partial charge in [-0.05, 0) is 48.4 Å². The van der Waals surface area contributed by atoms with Crippen LogP contribution in [-0.2, 0) is 11.8 Å². The highest BCUT2D eigenvalue weighted by atomic mass is 35.5. The van der Waals surface area contributed by atoms with Gasteiger partial charge in [0, 0.05) is 34.2 Å². The molecular weight excluding hydrogens is 450 g/mol. The molecule has 172 valence electrons. The van der Waals surface area contributed by atoms with E-state index >= 15 is 0 Å². The van der Waals surface area contributed by atoms with Crippen LogP contribution in [0.25, 0.3) is 10.9 Å². The van der Waals surface area contributed by atoms with E-state index < -0.39 is 6.04 Å². The minimum atomic E-state index is -0.397. The first kappa shape index (κ1) is 22.0. The van der Waals surface area contributed by atoms with Gasteiger partial charge < -0.3 is 19.5 Å². The number of fused-ring (bicyclic) bond motifs is 3. The monoisotopic (exact) mass is 473 g/mol. The van der Waals surface area contributed by atoms with Crippen LogP contribution in [0.1, 0.15) is 33.2 Å². The standard InChI is InChI=1S/C27H24ClN3O3/c1-16-8-11-18(28)14-21(16)29-23(32)15-31-25(17-9-12-19(34-3)13-10-17)24-20-6-4-5-7-22(20)30(2)26(24)27(31)33/h4-14,25H,15H2,1-3H3,(H,29,32)/t25-/m0/s1. The van der Waals surface area contributed by atoms with E-state index in [4.69, 9.17) is 16.3 Å². The number of carbonyl (C=O) groups excluding carboxylic acids is 2. The Bertz CT molecular complexity index is 1430. The summed E-state index contributed by atoms with van der Waals surface area (Å²) in [6, 6.07) is 20.5. The molecule has 0 saturated heterocycles. The second-order valence-corrected chi connectivity index (χ2v) is 8.89. The number of hydrogen-bond donors (Lipinski definition) is 1. The van der Waals surface area contributed by atoms with E-state index in [1.807, 2.05) is 73.1 Å². The maximum absolute atomic E-state index is 13.7. The van der Waals surface area contributed by atoms with Crippen LogP contribution in [-0.4, -0.2) is 34.9 Å². The smallest absolute Gasteiger partial charge is 0.272 e. The molecule has 0 aliphatic carbocycles. The summed E-state index contributed by atoms with van der Waals surface area (Å²) >= 11 is 6.11. The maximum atomic E-state index is 13.7. The van der Waals surface area contributed by atoms with E-state index in [1.54, 1.807) is 24.1 Å². The molecule has 0 bridgehead atoms. The van der Waals surface area contributed by atoms with Gasteiger partial charge in [-0.2, -0.15) is 0 Å². The van der Waals surface area contributed by atoms with Crippen LogP contribution in [0.15, 0.2) is 66.7 Å². The van der Waals surface area contributed by atoms with Crippen molar-refractivity contribution in [2.75, 3.05) is 19.0 Å². The zero-order valence-electron chi connectivity index (χ0n) is 19.1. The molecule has 0 radical (unpaired) electrons. The molecule has 5 rings (SSSR count). The highest BCUT2D eigenvalue weighted by Gasteiger charge is 2.42. The van der Waals surface area contributed by atoms with Crippen molar-refractivity contribution < 1.29 is 14.3 Å². The average molecular weight is 474 g/mol. The van der Waals surface area contributed by atoms with Gasteiger partial charge in [0.05, 0.1) is 13.2 Å². The number of amides is 2. The van der Waals surface area contributed by atoms with Gasteiger partial charge in [-0.3, -0.25) is 9.59 Å². The fourth-order valence-corrected chi connectivity index (χ4v) is 4.91. The number of rotatable bonds is 5. The minimum absolute atomic E-state index is 0.0928. The summed E-state index contributed by atoms with van der Waals surface area (Å²) in [5.41, 5.74) is 4.95. The van der Waals surface area contributed by atoms with E-state index in [0.717, 1.165) is 33.3 Å². The molecule has 2 amide bonds. The number of halogens is 1. The van der Waals surface area contributed by atoms with E-state index in [9.17, 15) is 9.59 Å². The number of carbonyl (C=O) groups is 2. The Labute approximate surface area is 202 Å². The van der Waals surface area contributed by atoms with Gasteiger partial charge in [-0.15, -0.1) is 0 Å². The van der Waals surface area contributed by atoms with Crippen molar-refractivity contribution in [3.63, 3.8) is 0 Å². The maximum Gasteiger partial charge on any atom is 0.272 e. The number of nitrogens with zero attached hydrogens (tertiary/aromatic N) is 2. The number of para-hydroxylation sites is 1. The summed E-state index contributed by atoms with van der Waals surface area (Å²) in [6.07, 6.45) is 0. The number of aryl methyl sites for hydroxylation is 2. The molecular formula is C27H24ClN3O3. The van der Waals surface area contributed by atoms with Gasteiger partial charge in [0.25, 0.3) is 5.91 Å². The van der Waals surface area contributed by atoms with Crippen molar-refractivity contribution in [3.8, 4) is 5.75 Å².